The number of aliphatic hydroxyl groups is 1. The molecule has 4 aliphatic carbocycles. The first-order chi connectivity index (χ1) is 10.4. The molecule has 0 aliphatic heterocycles. The molecule has 0 aromatic carbocycles. The van der Waals surface area contributed by atoms with Crippen LogP contribution in [0.4, 0.5) is 0 Å². The highest BCUT2D eigenvalue weighted by Crippen LogP contribution is 2.65. The van der Waals surface area contributed by atoms with Crippen LogP contribution in [0, 0.1) is 28.6 Å². The molecule has 3 fully saturated rings. The van der Waals surface area contributed by atoms with Crippen LogP contribution < -0.4 is 0 Å². The van der Waals surface area contributed by atoms with Crippen molar-refractivity contribution in [3.05, 3.63) is 10.6 Å². The van der Waals surface area contributed by atoms with Crippen LogP contribution in [0.2, 0.25) is 0 Å². The Labute approximate surface area is 138 Å². The van der Waals surface area contributed by atoms with Crippen molar-refractivity contribution in [1.82, 2.24) is 0 Å². The first-order valence-corrected chi connectivity index (χ1v) is 9.36. The third-order valence-corrected chi connectivity index (χ3v) is 8.44. The minimum Gasteiger partial charge on any atom is -0.393 e. The summed E-state index contributed by atoms with van der Waals surface area (Å²) < 4.78 is 0. The molecule has 2 nitrogen and oxygen atoms in total. The average molecular weight is 323 g/mol. The van der Waals surface area contributed by atoms with Gasteiger partial charge in [-0.3, -0.25) is 4.79 Å². The number of halogens is 1. The van der Waals surface area contributed by atoms with Crippen molar-refractivity contribution in [1.29, 1.82) is 0 Å². The first-order valence-electron chi connectivity index (χ1n) is 8.98. The fraction of sp³-hybridized carbons (Fsp3) is 0.842. The van der Waals surface area contributed by atoms with Crippen molar-refractivity contribution in [3.8, 4) is 0 Å². The summed E-state index contributed by atoms with van der Waals surface area (Å²) in [6.45, 7) is 4.68. The summed E-state index contributed by atoms with van der Waals surface area (Å²) in [7, 11) is 0. The average Bonchev–Trinajstić information content (AvgIpc) is 2.79. The lowest BCUT2D eigenvalue weighted by Crippen LogP contribution is -2.51. The summed E-state index contributed by atoms with van der Waals surface area (Å²) in [4.78, 5) is 12.0. The summed E-state index contributed by atoms with van der Waals surface area (Å²) >= 11 is 6.41. The maximum atomic E-state index is 12.0. The molecule has 0 aromatic heterocycles. The number of hydrogen-bond donors (Lipinski definition) is 1. The van der Waals surface area contributed by atoms with Crippen LogP contribution in [-0.2, 0) is 4.79 Å². The topological polar surface area (TPSA) is 37.3 Å². The minimum absolute atomic E-state index is 0.111. The molecule has 122 valence electrons. The van der Waals surface area contributed by atoms with Crippen molar-refractivity contribution in [2.45, 2.75) is 71.3 Å². The summed E-state index contributed by atoms with van der Waals surface area (Å²) in [5.41, 5.74) is 1.52. The molecule has 3 heteroatoms. The number of aliphatic hydroxyl groups excluding tert-OH is 1. The molecule has 4 unspecified atom stereocenters. The second-order valence-electron chi connectivity index (χ2n) is 8.69. The third-order valence-electron chi connectivity index (χ3n) is 8.00. The largest absolute Gasteiger partial charge is 0.393 e. The Morgan fingerprint density at radius 1 is 1.05 bits per heavy atom. The fourth-order valence-corrected chi connectivity index (χ4v) is 7.03. The quantitative estimate of drug-likeness (QED) is 0.715. The van der Waals surface area contributed by atoms with Crippen molar-refractivity contribution < 1.29 is 9.90 Å². The monoisotopic (exact) mass is 322 g/mol. The highest BCUT2D eigenvalue weighted by Gasteiger charge is 2.59. The second kappa shape index (κ2) is 4.83. The van der Waals surface area contributed by atoms with Crippen LogP contribution in [0.15, 0.2) is 10.6 Å². The van der Waals surface area contributed by atoms with Gasteiger partial charge in [-0.2, -0.15) is 0 Å². The Morgan fingerprint density at radius 3 is 2.59 bits per heavy atom. The first kappa shape index (κ1) is 15.2. The van der Waals surface area contributed by atoms with E-state index in [9.17, 15) is 9.90 Å². The zero-order valence-electron chi connectivity index (χ0n) is 13.7. The smallest absolute Gasteiger partial charge is 0.174 e. The Kier molecular flexibility index (Phi) is 3.34. The van der Waals surface area contributed by atoms with E-state index in [4.69, 9.17) is 11.6 Å². The zero-order chi connectivity index (χ0) is 15.7. The Hall–Kier alpha value is -0.340. The van der Waals surface area contributed by atoms with E-state index in [1.165, 1.54) is 18.4 Å². The van der Waals surface area contributed by atoms with Crippen LogP contribution in [0.25, 0.3) is 0 Å². The van der Waals surface area contributed by atoms with Gasteiger partial charge in [0, 0.05) is 6.42 Å². The molecule has 22 heavy (non-hydrogen) atoms. The van der Waals surface area contributed by atoms with E-state index in [1.54, 1.807) is 0 Å². The van der Waals surface area contributed by atoms with Crippen LogP contribution in [0.3, 0.4) is 0 Å². The van der Waals surface area contributed by atoms with Gasteiger partial charge in [-0.25, -0.2) is 0 Å². The molecule has 4 aliphatic rings. The minimum atomic E-state index is -0.111. The Balaban J connectivity index is 1.72. The summed E-state index contributed by atoms with van der Waals surface area (Å²) in [6, 6.07) is 0. The molecule has 6 atom stereocenters. The van der Waals surface area contributed by atoms with Crippen molar-refractivity contribution in [2.24, 2.45) is 28.6 Å². The second-order valence-corrected chi connectivity index (χ2v) is 9.06. The van der Waals surface area contributed by atoms with E-state index in [0.717, 1.165) is 32.1 Å². The number of hydrogen-bond acceptors (Lipinski definition) is 2. The number of carbonyl (C=O) groups excluding carboxylic acids is 1. The van der Waals surface area contributed by atoms with Gasteiger partial charge in [0.1, 0.15) is 0 Å². The molecule has 0 radical (unpaired) electrons. The van der Waals surface area contributed by atoms with E-state index >= 15 is 0 Å². The normalized spacial score (nSPS) is 51.4. The molecule has 0 bridgehead atoms. The van der Waals surface area contributed by atoms with Crippen LogP contribution in [0.1, 0.15) is 65.2 Å². The van der Waals surface area contributed by atoms with E-state index in [2.05, 4.69) is 13.8 Å². The Morgan fingerprint density at radius 2 is 1.82 bits per heavy atom. The highest BCUT2D eigenvalue weighted by atomic mass is 35.5. The zero-order valence-corrected chi connectivity index (χ0v) is 14.5. The number of Topliss-reactive ketones (excluding diaryl/α,β-unsaturated/α-hetero) is 1. The lowest BCUT2D eigenvalue weighted by atomic mass is 9.47. The van der Waals surface area contributed by atoms with E-state index in [1.807, 2.05) is 0 Å². The van der Waals surface area contributed by atoms with E-state index in [0.29, 0.717) is 29.2 Å². The molecule has 0 aromatic rings. The van der Waals surface area contributed by atoms with Crippen LogP contribution in [0.5, 0.6) is 0 Å². The fourth-order valence-electron chi connectivity index (χ4n) is 6.62. The maximum absolute atomic E-state index is 12.0. The van der Waals surface area contributed by atoms with Gasteiger partial charge in [-0.15, -0.1) is 0 Å². The van der Waals surface area contributed by atoms with Gasteiger partial charge >= 0.3 is 0 Å². The van der Waals surface area contributed by atoms with Crippen molar-refractivity contribution in [2.75, 3.05) is 0 Å². The van der Waals surface area contributed by atoms with Crippen molar-refractivity contribution >= 4 is 17.4 Å². The standard InChI is InChI=1S/C19H27ClO2/c1-18-10-8-15(21)17(20)14(18)4-3-11-12-5-6-16(22)19(12,2)9-7-13(11)18/h11-13,16,22H,3-10H2,1-2H3/t11?,12?,13?,16?,18-,19-/m1/s1. The predicted molar refractivity (Wildman–Crippen MR) is 87.5 cm³/mol. The molecule has 0 spiro atoms. The summed E-state index contributed by atoms with van der Waals surface area (Å²) in [6.07, 6.45) is 8.11. The van der Waals surface area contributed by atoms with Gasteiger partial charge in [0.15, 0.2) is 5.78 Å². The third kappa shape index (κ3) is 1.80. The van der Waals surface area contributed by atoms with Crippen LogP contribution in [-0.4, -0.2) is 17.0 Å². The van der Waals surface area contributed by atoms with Gasteiger partial charge in [-0.05, 0) is 79.1 Å². The van der Waals surface area contributed by atoms with Gasteiger partial charge in [0.05, 0.1) is 11.1 Å². The number of ketones is 1. The molecule has 0 saturated heterocycles. The van der Waals surface area contributed by atoms with Crippen LogP contribution >= 0.6 is 11.6 Å². The van der Waals surface area contributed by atoms with Gasteiger partial charge in [0.2, 0.25) is 0 Å². The number of fused-ring (bicyclic) bond motifs is 5. The molecule has 0 amide bonds. The molecule has 4 rings (SSSR count). The molecular weight excluding hydrogens is 296 g/mol. The molecule has 0 heterocycles. The summed E-state index contributed by atoms with van der Waals surface area (Å²) in [5, 5.41) is 11.0. The lowest BCUT2D eigenvalue weighted by Gasteiger charge is -2.57. The van der Waals surface area contributed by atoms with Gasteiger partial charge in [0.25, 0.3) is 0 Å². The van der Waals surface area contributed by atoms with Crippen molar-refractivity contribution in [3.63, 3.8) is 0 Å². The number of allylic oxidation sites excluding steroid dienone is 1. The highest BCUT2D eigenvalue weighted by molar-refractivity contribution is 6.43. The molecule has 3 saturated carbocycles. The predicted octanol–water partition coefficient (Wildman–Crippen LogP) is 4.45. The Bertz CT molecular complexity index is 554. The molecule has 1 N–H and O–H groups in total. The van der Waals surface area contributed by atoms with E-state index in [-0.39, 0.29) is 22.7 Å². The maximum Gasteiger partial charge on any atom is 0.174 e. The number of carbonyl (C=O) groups is 1. The SMILES string of the molecule is C[C@@]12CCC3C(CCC4=C(Cl)C(=O)CC[C@@]43C)C1CCC2O. The summed E-state index contributed by atoms with van der Waals surface area (Å²) in [5.74, 6) is 2.18. The van der Waals surface area contributed by atoms with Gasteiger partial charge in [-0.1, -0.05) is 25.4 Å². The lowest BCUT2D eigenvalue weighted by molar-refractivity contribution is -0.118. The number of rotatable bonds is 0. The van der Waals surface area contributed by atoms with Gasteiger partial charge < -0.3 is 5.11 Å². The molecular formula is C19H27ClO2. The van der Waals surface area contributed by atoms with E-state index < -0.39 is 0 Å².